The van der Waals surface area contributed by atoms with Crippen molar-refractivity contribution < 1.29 is 0 Å². The summed E-state index contributed by atoms with van der Waals surface area (Å²) in [7, 11) is 1.96. The first kappa shape index (κ1) is 13.2. The number of nitrogens with zero attached hydrogens (tertiary/aromatic N) is 2. The van der Waals surface area contributed by atoms with Crippen molar-refractivity contribution in [2.45, 2.75) is 26.7 Å². The zero-order valence-corrected chi connectivity index (χ0v) is 12.6. The molecule has 0 amide bonds. The van der Waals surface area contributed by atoms with Crippen LogP contribution in [0.2, 0.25) is 0 Å². The summed E-state index contributed by atoms with van der Waals surface area (Å²) in [5.74, 6) is 1.91. The molecule has 1 saturated heterocycles. The first-order valence-corrected chi connectivity index (χ1v) is 7.51. The van der Waals surface area contributed by atoms with Crippen LogP contribution in [0, 0.1) is 12.8 Å². The average molecular weight is 269 g/mol. The smallest absolute Gasteiger partial charge is 0.136 e. The maximum Gasteiger partial charge on any atom is 0.136 e. The number of hydrogen-bond donors (Lipinski definition) is 1. The van der Waals surface area contributed by atoms with Crippen LogP contribution in [-0.4, -0.2) is 25.1 Å². The van der Waals surface area contributed by atoms with Gasteiger partial charge in [0.2, 0.25) is 0 Å². The number of aromatic nitrogens is 1. The number of aryl methyl sites for hydroxylation is 1. The summed E-state index contributed by atoms with van der Waals surface area (Å²) in [6.07, 6.45) is 4.57. The summed E-state index contributed by atoms with van der Waals surface area (Å²) in [5.41, 5.74) is 2.41. The van der Waals surface area contributed by atoms with E-state index in [4.69, 9.17) is 4.98 Å². The second-order valence-electron chi connectivity index (χ2n) is 5.94. The third-order valence-electron chi connectivity index (χ3n) is 4.33. The van der Waals surface area contributed by atoms with Gasteiger partial charge in [0, 0.05) is 30.9 Å². The van der Waals surface area contributed by atoms with Crippen molar-refractivity contribution in [3.05, 3.63) is 30.0 Å². The van der Waals surface area contributed by atoms with Gasteiger partial charge in [-0.1, -0.05) is 25.1 Å². The summed E-state index contributed by atoms with van der Waals surface area (Å²) in [6.45, 7) is 6.76. The number of fused-ring (bicyclic) bond motifs is 1. The fourth-order valence-electron chi connectivity index (χ4n) is 3.27. The van der Waals surface area contributed by atoms with E-state index in [0.29, 0.717) is 0 Å². The summed E-state index contributed by atoms with van der Waals surface area (Å²) in [6, 6.07) is 6.49. The fourth-order valence-corrected chi connectivity index (χ4v) is 3.27. The Hall–Kier alpha value is -1.77. The molecule has 2 heterocycles. The Morgan fingerprint density at radius 3 is 2.95 bits per heavy atom. The van der Waals surface area contributed by atoms with Crippen molar-refractivity contribution in [3.63, 3.8) is 0 Å². The van der Waals surface area contributed by atoms with Gasteiger partial charge in [-0.25, -0.2) is 4.98 Å². The molecule has 0 saturated carbocycles. The molecule has 1 aromatic heterocycles. The van der Waals surface area contributed by atoms with Crippen molar-refractivity contribution in [2.75, 3.05) is 30.4 Å². The highest BCUT2D eigenvalue weighted by molar-refractivity contribution is 6.02. The van der Waals surface area contributed by atoms with Gasteiger partial charge >= 0.3 is 0 Å². The lowest BCUT2D eigenvalue weighted by molar-refractivity contribution is 0.445. The van der Waals surface area contributed by atoms with E-state index in [1.54, 1.807) is 0 Å². The molecule has 1 fully saturated rings. The van der Waals surface area contributed by atoms with E-state index in [-0.39, 0.29) is 0 Å². The Bertz CT molecular complexity index is 621. The van der Waals surface area contributed by atoms with Crippen LogP contribution in [-0.2, 0) is 0 Å². The van der Waals surface area contributed by atoms with Crippen LogP contribution in [0.4, 0.5) is 11.5 Å². The zero-order valence-electron chi connectivity index (χ0n) is 12.6. The molecule has 0 bridgehead atoms. The van der Waals surface area contributed by atoms with Gasteiger partial charge < -0.3 is 10.2 Å². The Morgan fingerprint density at radius 1 is 1.35 bits per heavy atom. The highest BCUT2D eigenvalue weighted by atomic mass is 15.2. The third-order valence-corrected chi connectivity index (χ3v) is 4.33. The minimum absolute atomic E-state index is 0.758. The molecule has 1 unspecified atom stereocenters. The lowest BCUT2D eigenvalue weighted by Gasteiger charge is -2.33. The molecule has 1 aliphatic rings. The lowest BCUT2D eigenvalue weighted by atomic mass is 9.98. The molecular formula is C17H23N3. The van der Waals surface area contributed by atoms with Gasteiger partial charge in [-0.2, -0.15) is 0 Å². The van der Waals surface area contributed by atoms with E-state index in [9.17, 15) is 0 Å². The van der Waals surface area contributed by atoms with Crippen molar-refractivity contribution in [1.29, 1.82) is 0 Å². The van der Waals surface area contributed by atoms with E-state index in [2.05, 4.69) is 42.3 Å². The molecule has 2 aromatic rings. The molecule has 106 valence electrons. The first-order chi connectivity index (χ1) is 9.70. The van der Waals surface area contributed by atoms with E-state index >= 15 is 0 Å². The lowest BCUT2D eigenvalue weighted by Crippen LogP contribution is -2.35. The number of benzene rings is 1. The van der Waals surface area contributed by atoms with Crippen LogP contribution in [0.25, 0.3) is 10.8 Å². The average Bonchev–Trinajstić information content (AvgIpc) is 2.46. The number of anilines is 2. The predicted molar refractivity (Wildman–Crippen MR) is 86.6 cm³/mol. The maximum atomic E-state index is 4.76. The van der Waals surface area contributed by atoms with E-state index in [0.717, 1.165) is 30.5 Å². The molecule has 0 radical (unpaired) electrons. The molecular weight excluding hydrogens is 246 g/mol. The molecule has 0 spiro atoms. The highest BCUT2D eigenvalue weighted by Crippen LogP contribution is 2.34. The molecule has 3 nitrogen and oxygen atoms in total. The maximum absolute atomic E-state index is 4.76. The highest BCUT2D eigenvalue weighted by Gasteiger charge is 2.20. The van der Waals surface area contributed by atoms with Crippen LogP contribution in [0.1, 0.15) is 25.3 Å². The minimum Gasteiger partial charge on any atom is -0.386 e. The Kier molecular flexibility index (Phi) is 3.51. The van der Waals surface area contributed by atoms with Gasteiger partial charge in [0.1, 0.15) is 5.82 Å². The van der Waals surface area contributed by atoms with Gasteiger partial charge in [-0.05, 0) is 31.2 Å². The second-order valence-corrected chi connectivity index (χ2v) is 5.94. The SMILES string of the molecule is CNc1cnc(N2CCCC(C)C2)c2c(C)cccc12. The van der Waals surface area contributed by atoms with Gasteiger partial charge in [-0.3, -0.25) is 0 Å². The summed E-state index contributed by atoms with van der Waals surface area (Å²) in [5, 5.41) is 5.83. The molecule has 1 N–H and O–H groups in total. The van der Waals surface area contributed by atoms with Crippen molar-refractivity contribution in [2.24, 2.45) is 5.92 Å². The predicted octanol–water partition coefficient (Wildman–Crippen LogP) is 3.82. The summed E-state index contributed by atoms with van der Waals surface area (Å²) in [4.78, 5) is 7.22. The van der Waals surface area contributed by atoms with E-state index in [1.807, 2.05) is 13.2 Å². The van der Waals surface area contributed by atoms with Crippen molar-refractivity contribution >= 4 is 22.3 Å². The number of piperidine rings is 1. The van der Waals surface area contributed by atoms with Crippen LogP contribution in [0.5, 0.6) is 0 Å². The normalized spacial score (nSPS) is 19.4. The van der Waals surface area contributed by atoms with Gasteiger partial charge in [0.15, 0.2) is 0 Å². The Labute approximate surface area is 121 Å². The summed E-state index contributed by atoms with van der Waals surface area (Å²) >= 11 is 0. The standard InChI is InChI=1S/C17H23N3/c1-12-6-5-9-20(11-12)17-16-13(2)7-4-8-14(16)15(18-3)10-19-17/h4,7-8,10,12,18H,5-6,9,11H2,1-3H3. The number of hydrogen-bond acceptors (Lipinski definition) is 3. The first-order valence-electron chi connectivity index (χ1n) is 7.51. The largest absolute Gasteiger partial charge is 0.386 e. The molecule has 1 atom stereocenters. The third kappa shape index (κ3) is 2.21. The van der Waals surface area contributed by atoms with Crippen LogP contribution in [0.3, 0.4) is 0 Å². The topological polar surface area (TPSA) is 28.2 Å². The quantitative estimate of drug-likeness (QED) is 0.898. The number of pyridine rings is 1. The van der Waals surface area contributed by atoms with Crippen molar-refractivity contribution in [1.82, 2.24) is 4.98 Å². The fraction of sp³-hybridized carbons (Fsp3) is 0.471. The number of nitrogens with one attached hydrogen (secondary N) is 1. The van der Waals surface area contributed by atoms with E-state index < -0.39 is 0 Å². The molecule has 20 heavy (non-hydrogen) atoms. The second kappa shape index (κ2) is 5.31. The van der Waals surface area contributed by atoms with Gasteiger partial charge in [0.25, 0.3) is 0 Å². The van der Waals surface area contributed by atoms with Crippen LogP contribution >= 0.6 is 0 Å². The van der Waals surface area contributed by atoms with E-state index in [1.165, 1.54) is 29.2 Å². The minimum atomic E-state index is 0.758. The van der Waals surface area contributed by atoms with Crippen LogP contribution in [0.15, 0.2) is 24.4 Å². The molecule has 1 aliphatic heterocycles. The summed E-state index contributed by atoms with van der Waals surface area (Å²) < 4.78 is 0. The van der Waals surface area contributed by atoms with Crippen LogP contribution < -0.4 is 10.2 Å². The van der Waals surface area contributed by atoms with Crippen molar-refractivity contribution in [3.8, 4) is 0 Å². The molecule has 3 heteroatoms. The molecule has 0 aliphatic carbocycles. The Morgan fingerprint density at radius 2 is 2.20 bits per heavy atom. The molecule has 1 aromatic carbocycles. The molecule has 3 rings (SSSR count). The van der Waals surface area contributed by atoms with Gasteiger partial charge in [-0.15, -0.1) is 0 Å². The number of rotatable bonds is 2. The zero-order chi connectivity index (χ0) is 14.1. The van der Waals surface area contributed by atoms with Gasteiger partial charge in [0.05, 0.1) is 11.9 Å². The Balaban J connectivity index is 2.16. The monoisotopic (exact) mass is 269 g/mol.